The summed E-state index contributed by atoms with van der Waals surface area (Å²) in [6.45, 7) is 12.7. The third-order valence-electron chi connectivity index (χ3n) is 6.66. The normalized spacial score (nSPS) is 21.9. The highest BCUT2D eigenvalue weighted by atomic mass is 32.2. The molecule has 2 aliphatic heterocycles. The molecule has 1 aromatic carbocycles. The summed E-state index contributed by atoms with van der Waals surface area (Å²) in [5.41, 5.74) is 0.320. The fourth-order valence-corrected chi connectivity index (χ4v) is 7.04. The van der Waals surface area contributed by atoms with Crippen molar-refractivity contribution < 1.29 is 13.2 Å². The minimum Gasteiger partial charge on any atom is -0.336 e. The summed E-state index contributed by atoms with van der Waals surface area (Å²) < 4.78 is 27.9. The van der Waals surface area contributed by atoms with E-state index in [0.717, 1.165) is 44.9 Å². The quantitative estimate of drug-likeness (QED) is 0.650. The first-order valence-corrected chi connectivity index (χ1v) is 13.6. The zero-order valence-electron chi connectivity index (χ0n) is 20.5. The smallest absolute Gasteiger partial charge is 0.254 e. The molecule has 2 fully saturated rings. The average Bonchev–Trinajstić information content (AvgIpc) is 2.72. The zero-order chi connectivity index (χ0) is 23.6. The van der Waals surface area contributed by atoms with Crippen LogP contribution in [0.3, 0.4) is 0 Å². The molecule has 0 atom stereocenters. The maximum atomic E-state index is 13.7. The molecule has 0 unspecified atom stereocenters. The Morgan fingerprint density at radius 3 is 2.31 bits per heavy atom. The van der Waals surface area contributed by atoms with Crippen LogP contribution in [0.5, 0.6) is 0 Å². The van der Waals surface area contributed by atoms with Gasteiger partial charge in [0, 0.05) is 42.3 Å². The van der Waals surface area contributed by atoms with Crippen molar-refractivity contribution in [1.82, 2.24) is 14.5 Å². The monoisotopic (exact) mass is 463 g/mol. The van der Waals surface area contributed by atoms with E-state index >= 15 is 0 Å². The molecule has 32 heavy (non-hydrogen) atoms. The number of carbonyl (C=O) groups is 1. The molecule has 1 aromatic rings. The van der Waals surface area contributed by atoms with Crippen LogP contribution < -0.4 is 5.32 Å². The Labute approximate surface area is 194 Å². The molecule has 0 aliphatic carbocycles. The van der Waals surface area contributed by atoms with Gasteiger partial charge in [-0.2, -0.15) is 4.31 Å². The number of sulfonamides is 1. The number of piperidine rings is 2. The van der Waals surface area contributed by atoms with Crippen LogP contribution in [-0.4, -0.2) is 60.3 Å². The van der Waals surface area contributed by atoms with Gasteiger partial charge < -0.3 is 10.2 Å². The summed E-state index contributed by atoms with van der Waals surface area (Å²) in [6.07, 6.45) is 6.54. The van der Waals surface area contributed by atoms with Crippen molar-refractivity contribution in [3.05, 3.63) is 29.8 Å². The second-order valence-corrected chi connectivity index (χ2v) is 12.7. The third-order valence-corrected chi connectivity index (χ3v) is 8.55. The first kappa shape index (κ1) is 25.2. The first-order valence-electron chi connectivity index (χ1n) is 12.2. The Bertz CT molecular complexity index is 889. The number of nitrogens with zero attached hydrogens (tertiary/aromatic N) is 2. The van der Waals surface area contributed by atoms with Crippen LogP contribution in [0.1, 0.15) is 89.9 Å². The third kappa shape index (κ3) is 5.91. The van der Waals surface area contributed by atoms with Crippen molar-refractivity contribution in [2.45, 2.75) is 102 Å². The van der Waals surface area contributed by atoms with Crippen LogP contribution in [0.2, 0.25) is 0 Å². The Balaban J connectivity index is 1.89. The fourth-order valence-electron chi connectivity index (χ4n) is 5.48. The lowest BCUT2D eigenvalue weighted by molar-refractivity contribution is 0.0441. The molecule has 6 nitrogen and oxygen atoms in total. The molecule has 1 amide bonds. The number of nitrogens with one attached hydrogen (secondary N) is 1. The van der Waals surface area contributed by atoms with Crippen molar-refractivity contribution in [2.75, 3.05) is 19.6 Å². The highest BCUT2D eigenvalue weighted by Crippen LogP contribution is 2.33. The predicted molar refractivity (Wildman–Crippen MR) is 129 cm³/mol. The zero-order valence-corrected chi connectivity index (χ0v) is 21.3. The van der Waals surface area contributed by atoms with Crippen molar-refractivity contribution in [3.8, 4) is 0 Å². The van der Waals surface area contributed by atoms with Gasteiger partial charge in [-0.3, -0.25) is 4.79 Å². The Morgan fingerprint density at radius 1 is 1.09 bits per heavy atom. The van der Waals surface area contributed by atoms with Gasteiger partial charge in [-0.1, -0.05) is 25.8 Å². The molecule has 0 spiro atoms. The van der Waals surface area contributed by atoms with Gasteiger partial charge in [0.05, 0.1) is 4.90 Å². The molecule has 0 aromatic heterocycles. The molecule has 3 rings (SSSR count). The van der Waals surface area contributed by atoms with E-state index < -0.39 is 10.0 Å². The van der Waals surface area contributed by atoms with Crippen LogP contribution >= 0.6 is 0 Å². The minimum atomic E-state index is -3.57. The largest absolute Gasteiger partial charge is 0.336 e. The van der Waals surface area contributed by atoms with E-state index in [-0.39, 0.29) is 27.9 Å². The standard InChI is InChI=1S/C25H41N3O3S/c1-6-7-16-28(21-18-24(2,3)26-25(4,5)19-21)23(29)20-12-11-13-22(17-20)32(30,31)27-14-9-8-10-15-27/h11-13,17,21,26H,6-10,14-16,18-19H2,1-5H3. The molecule has 0 bridgehead atoms. The van der Waals surface area contributed by atoms with Gasteiger partial charge in [0.2, 0.25) is 10.0 Å². The summed E-state index contributed by atoms with van der Waals surface area (Å²) >= 11 is 0. The molecule has 180 valence electrons. The van der Waals surface area contributed by atoms with Crippen molar-refractivity contribution in [1.29, 1.82) is 0 Å². The van der Waals surface area contributed by atoms with Gasteiger partial charge in [-0.25, -0.2) is 8.42 Å². The van der Waals surface area contributed by atoms with Crippen LogP contribution in [0, 0.1) is 0 Å². The maximum Gasteiger partial charge on any atom is 0.254 e. The Hall–Kier alpha value is -1.44. The van der Waals surface area contributed by atoms with Gasteiger partial charge in [0.15, 0.2) is 0 Å². The van der Waals surface area contributed by atoms with E-state index in [2.05, 4.69) is 39.9 Å². The molecular formula is C25H41N3O3S. The fraction of sp³-hybridized carbons (Fsp3) is 0.720. The molecule has 0 radical (unpaired) electrons. The van der Waals surface area contributed by atoms with Gasteiger partial charge >= 0.3 is 0 Å². The van der Waals surface area contributed by atoms with Crippen molar-refractivity contribution in [3.63, 3.8) is 0 Å². The Kier molecular flexibility index (Phi) is 7.73. The second kappa shape index (κ2) is 9.82. The summed E-state index contributed by atoms with van der Waals surface area (Å²) in [5, 5.41) is 3.69. The predicted octanol–water partition coefficient (Wildman–Crippen LogP) is 4.41. The van der Waals surface area contributed by atoms with E-state index in [1.165, 1.54) is 0 Å². The molecule has 2 aliphatic rings. The number of hydrogen-bond acceptors (Lipinski definition) is 4. The summed E-state index contributed by atoms with van der Waals surface area (Å²) in [7, 11) is -3.57. The summed E-state index contributed by atoms with van der Waals surface area (Å²) in [5.74, 6) is -0.0624. The van der Waals surface area contributed by atoms with Crippen LogP contribution in [0.4, 0.5) is 0 Å². The molecule has 1 N–H and O–H groups in total. The van der Waals surface area contributed by atoms with E-state index in [1.54, 1.807) is 28.6 Å². The van der Waals surface area contributed by atoms with Crippen LogP contribution in [0.15, 0.2) is 29.2 Å². The van der Waals surface area contributed by atoms with E-state index in [9.17, 15) is 13.2 Å². The molecule has 7 heteroatoms. The topological polar surface area (TPSA) is 69.7 Å². The number of amides is 1. The highest BCUT2D eigenvalue weighted by molar-refractivity contribution is 7.89. The molecule has 2 saturated heterocycles. The SMILES string of the molecule is CCCCN(C(=O)c1cccc(S(=O)(=O)N2CCCCC2)c1)C1CC(C)(C)NC(C)(C)C1. The highest BCUT2D eigenvalue weighted by Gasteiger charge is 2.41. The number of hydrogen-bond donors (Lipinski definition) is 1. The molecule has 0 saturated carbocycles. The van der Waals surface area contributed by atoms with Gasteiger partial charge in [-0.05, 0) is 78.0 Å². The van der Waals surface area contributed by atoms with Crippen LogP contribution in [-0.2, 0) is 10.0 Å². The number of benzene rings is 1. The lowest BCUT2D eigenvalue weighted by Crippen LogP contribution is -2.62. The van der Waals surface area contributed by atoms with Crippen molar-refractivity contribution in [2.24, 2.45) is 0 Å². The second-order valence-electron chi connectivity index (χ2n) is 10.8. The lowest BCUT2D eigenvalue weighted by atomic mass is 9.78. The average molecular weight is 464 g/mol. The number of carbonyl (C=O) groups excluding carboxylic acids is 1. The van der Waals surface area contributed by atoms with Gasteiger partial charge in [0.25, 0.3) is 5.91 Å². The van der Waals surface area contributed by atoms with E-state index in [4.69, 9.17) is 0 Å². The summed E-state index contributed by atoms with van der Waals surface area (Å²) in [6, 6.07) is 6.78. The molecule has 2 heterocycles. The van der Waals surface area contributed by atoms with Crippen LogP contribution in [0.25, 0.3) is 0 Å². The lowest BCUT2D eigenvalue weighted by Gasteiger charge is -2.49. The maximum absolute atomic E-state index is 13.7. The van der Waals surface area contributed by atoms with Gasteiger partial charge in [-0.15, -0.1) is 0 Å². The number of unbranched alkanes of at least 4 members (excludes halogenated alkanes) is 1. The summed E-state index contributed by atoms with van der Waals surface area (Å²) in [4.78, 5) is 16.0. The van der Waals surface area contributed by atoms with E-state index in [1.807, 2.05) is 4.90 Å². The van der Waals surface area contributed by atoms with Gasteiger partial charge in [0.1, 0.15) is 0 Å². The number of rotatable bonds is 7. The first-order chi connectivity index (χ1) is 15.0. The minimum absolute atomic E-state index is 0.0624. The Morgan fingerprint density at radius 2 is 1.72 bits per heavy atom. The van der Waals surface area contributed by atoms with E-state index in [0.29, 0.717) is 25.2 Å². The van der Waals surface area contributed by atoms with Crippen molar-refractivity contribution >= 4 is 15.9 Å². The molecular weight excluding hydrogens is 422 g/mol.